The van der Waals surface area contributed by atoms with E-state index in [1.165, 1.54) is 5.56 Å². The number of nitrogens with one attached hydrogen (secondary N) is 1. The highest BCUT2D eigenvalue weighted by atomic mass is 16.7. The summed E-state index contributed by atoms with van der Waals surface area (Å²) in [6.45, 7) is 6.35. The minimum absolute atomic E-state index is 0.0151. The third kappa shape index (κ3) is 4.91. The number of rotatable bonds is 7. The monoisotopic (exact) mass is 355 g/mol. The molecule has 0 spiro atoms. The number of hydrogen-bond acceptors (Lipinski definition) is 4. The highest BCUT2D eigenvalue weighted by Crippen LogP contribution is 2.40. The number of fused-ring (bicyclic) bond motifs is 1. The Bertz CT molecular complexity index is 785. The first-order valence-electron chi connectivity index (χ1n) is 8.93. The van der Waals surface area contributed by atoms with Gasteiger partial charge in [-0.2, -0.15) is 0 Å². The summed E-state index contributed by atoms with van der Waals surface area (Å²) in [5, 5.41) is 2.90. The smallest absolute Gasteiger partial charge is 0.246 e. The zero-order valence-corrected chi connectivity index (χ0v) is 15.5. The number of hydrogen-bond donors (Lipinski definition) is 1. The van der Waals surface area contributed by atoms with E-state index >= 15 is 0 Å². The largest absolute Gasteiger partial charge is 0.494 e. The lowest BCUT2D eigenvalue weighted by atomic mass is 10.2. The van der Waals surface area contributed by atoms with Gasteiger partial charge in [0, 0.05) is 32.0 Å². The van der Waals surface area contributed by atoms with Gasteiger partial charge in [-0.3, -0.25) is 4.79 Å². The summed E-state index contributed by atoms with van der Waals surface area (Å²) in [7, 11) is 0. The third-order valence-electron chi connectivity index (χ3n) is 4.00. The number of unbranched alkanes of at least 4 members (excludes halogenated alkanes) is 1. The highest BCUT2D eigenvalue weighted by molar-refractivity contribution is 5.91. The maximum Gasteiger partial charge on any atom is 0.246 e. The lowest BCUT2D eigenvalue weighted by Crippen LogP contribution is -2.29. The van der Waals surface area contributed by atoms with Crippen molar-refractivity contribution in [3.63, 3.8) is 0 Å². The topological polar surface area (TPSA) is 56.8 Å². The van der Waals surface area contributed by atoms with Crippen molar-refractivity contribution in [3.05, 3.63) is 48.0 Å². The number of ether oxygens (including phenoxy) is 3. The average Bonchev–Trinajstić information content (AvgIpc) is 2.87. The van der Waals surface area contributed by atoms with Crippen molar-refractivity contribution < 1.29 is 19.0 Å². The molecule has 0 aromatic heterocycles. The number of aryl methyl sites for hydroxylation is 1. The molecule has 1 amide bonds. The maximum absolute atomic E-state index is 12.1. The van der Waals surface area contributed by atoms with Crippen molar-refractivity contribution in [1.82, 2.24) is 0 Å². The van der Waals surface area contributed by atoms with Crippen molar-refractivity contribution in [2.45, 2.75) is 45.8 Å². The third-order valence-corrected chi connectivity index (χ3v) is 4.00. The molecule has 1 aliphatic rings. The Morgan fingerprint density at radius 3 is 2.69 bits per heavy atom. The van der Waals surface area contributed by atoms with Crippen LogP contribution in [0.3, 0.4) is 0 Å². The van der Waals surface area contributed by atoms with E-state index < -0.39 is 5.79 Å². The molecule has 0 radical (unpaired) electrons. The van der Waals surface area contributed by atoms with Crippen molar-refractivity contribution in [2.24, 2.45) is 0 Å². The van der Waals surface area contributed by atoms with E-state index in [2.05, 4.69) is 5.32 Å². The predicted octanol–water partition coefficient (Wildman–Crippen LogP) is 4.69. The molecule has 0 saturated heterocycles. The van der Waals surface area contributed by atoms with Gasteiger partial charge in [0.1, 0.15) is 5.75 Å². The van der Waals surface area contributed by atoms with E-state index in [-0.39, 0.29) is 5.91 Å². The molecular weight excluding hydrogens is 330 g/mol. The molecule has 2 aromatic rings. The maximum atomic E-state index is 12.1. The molecule has 3 rings (SSSR count). The molecular formula is C21H25NO4. The Morgan fingerprint density at radius 2 is 1.88 bits per heavy atom. The molecule has 0 unspecified atom stereocenters. The van der Waals surface area contributed by atoms with Gasteiger partial charge in [0.15, 0.2) is 11.5 Å². The molecule has 0 aliphatic carbocycles. The van der Waals surface area contributed by atoms with Gasteiger partial charge in [0.2, 0.25) is 11.7 Å². The second-order valence-corrected chi connectivity index (χ2v) is 6.94. The van der Waals surface area contributed by atoms with E-state index in [1.807, 2.05) is 57.2 Å². The van der Waals surface area contributed by atoms with Crippen LogP contribution in [0.4, 0.5) is 5.69 Å². The first kappa shape index (κ1) is 18.1. The predicted molar refractivity (Wildman–Crippen MR) is 101 cm³/mol. The first-order valence-corrected chi connectivity index (χ1v) is 8.93. The van der Waals surface area contributed by atoms with Crippen LogP contribution in [0.5, 0.6) is 17.2 Å². The van der Waals surface area contributed by atoms with E-state index in [0.29, 0.717) is 30.2 Å². The van der Waals surface area contributed by atoms with Crippen LogP contribution in [0.15, 0.2) is 42.5 Å². The number of carbonyl (C=O) groups is 1. The van der Waals surface area contributed by atoms with Crippen LogP contribution < -0.4 is 19.5 Å². The van der Waals surface area contributed by atoms with E-state index in [4.69, 9.17) is 14.2 Å². The van der Waals surface area contributed by atoms with Crippen LogP contribution in [0.2, 0.25) is 0 Å². The Balaban J connectivity index is 1.38. The van der Waals surface area contributed by atoms with Crippen molar-refractivity contribution >= 4 is 11.6 Å². The molecule has 5 nitrogen and oxygen atoms in total. The fraction of sp³-hybridized carbons (Fsp3) is 0.381. The molecule has 1 N–H and O–H groups in total. The van der Waals surface area contributed by atoms with Gasteiger partial charge >= 0.3 is 0 Å². The molecule has 0 saturated carbocycles. The SMILES string of the molecule is Cc1cccc(OCCCCC(=O)Nc2ccc3c(c2)OC(C)(C)O3)c1. The molecule has 1 heterocycles. The fourth-order valence-corrected chi connectivity index (χ4v) is 2.81. The molecule has 1 aliphatic heterocycles. The Labute approximate surface area is 154 Å². The van der Waals surface area contributed by atoms with Crippen LogP contribution in [0.1, 0.15) is 38.7 Å². The Kier molecular flexibility index (Phi) is 5.35. The van der Waals surface area contributed by atoms with E-state index in [1.54, 1.807) is 6.07 Å². The summed E-state index contributed by atoms with van der Waals surface area (Å²) in [6.07, 6.45) is 2.06. The summed E-state index contributed by atoms with van der Waals surface area (Å²) in [5.41, 5.74) is 1.89. The van der Waals surface area contributed by atoms with E-state index in [9.17, 15) is 4.79 Å². The summed E-state index contributed by atoms with van der Waals surface area (Å²) in [5.74, 6) is 1.54. The minimum Gasteiger partial charge on any atom is -0.494 e. The van der Waals surface area contributed by atoms with E-state index in [0.717, 1.165) is 18.6 Å². The fourth-order valence-electron chi connectivity index (χ4n) is 2.81. The first-order chi connectivity index (χ1) is 12.4. The van der Waals surface area contributed by atoms with Crippen molar-refractivity contribution in [2.75, 3.05) is 11.9 Å². The number of amides is 1. The quantitative estimate of drug-likeness (QED) is 0.732. The zero-order chi connectivity index (χ0) is 18.6. The van der Waals surface area contributed by atoms with Gasteiger partial charge in [-0.15, -0.1) is 0 Å². The normalized spacial score (nSPS) is 14.1. The standard InChI is InChI=1S/C21H25NO4/c1-15-7-6-8-17(13-15)24-12-5-4-9-20(23)22-16-10-11-18-19(14-16)26-21(2,3)25-18/h6-8,10-11,13-14H,4-5,9,12H2,1-3H3,(H,22,23). The summed E-state index contributed by atoms with van der Waals surface area (Å²) >= 11 is 0. The van der Waals surface area contributed by atoms with Crippen LogP contribution in [-0.2, 0) is 4.79 Å². The van der Waals surface area contributed by atoms with Crippen LogP contribution >= 0.6 is 0 Å². The second kappa shape index (κ2) is 7.68. The Morgan fingerprint density at radius 1 is 1.08 bits per heavy atom. The number of anilines is 1. The second-order valence-electron chi connectivity index (χ2n) is 6.94. The van der Waals surface area contributed by atoms with Gasteiger partial charge in [-0.1, -0.05) is 12.1 Å². The average molecular weight is 355 g/mol. The molecule has 5 heteroatoms. The molecule has 26 heavy (non-hydrogen) atoms. The van der Waals surface area contributed by atoms with Gasteiger partial charge in [0.05, 0.1) is 6.61 Å². The Hall–Kier alpha value is -2.69. The number of benzene rings is 2. The molecule has 0 bridgehead atoms. The summed E-state index contributed by atoms with van der Waals surface area (Å²) < 4.78 is 17.0. The molecule has 2 aromatic carbocycles. The lowest BCUT2D eigenvalue weighted by Gasteiger charge is -2.16. The van der Waals surface area contributed by atoms with Crippen molar-refractivity contribution in [3.8, 4) is 17.2 Å². The van der Waals surface area contributed by atoms with Crippen LogP contribution in [-0.4, -0.2) is 18.3 Å². The molecule has 138 valence electrons. The highest BCUT2D eigenvalue weighted by Gasteiger charge is 2.31. The van der Waals surface area contributed by atoms with Crippen molar-refractivity contribution in [1.29, 1.82) is 0 Å². The molecule has 0 fully saturated rings. The minimum atomic E-state index is -0.664. The van der Waals surface area contributed by atoms with Gasteiger partial charge in [-0.25, -0.2) is 0 Å². The zero-order valence-electron chi connectivity index (χ0n) is 15.5. The van der Waals surface area contributed by atoms with Gasteiger partial charge in [0.25, 0.3) is 0 Å². The van der Waals surface area contributed by atoms with Gasteiger partial charge in [-0.05, 0) is 49.6 Å². The van der Waals surface area contributed by atoms with Crippen LogP contribution in [0.25, 0.3) is 0 Å². The van der Waals surface area contributed by atoms with Gasteiger partial charge < -0.3 is 19.5 Å². The molecule has 0 atom stereocenters. The summed E-state index contributed by atoms with van der Waals surface area (Å²) in [4.78, 5) is 12.1. The summed E-state index contributed by atoms with van der Waals surface area (Å²) in [6, 6.07) is 13.4. The lowest BCUT2D eigenvalue weighted by molar-refractivity contribution is -0.116. The number of carbonyl (C=O) groups excluding carboxylic acids is 1. The van der Waals surface area contributed by atoms with Crippen LogP contribution in [0, 0.1) is 6.92 Å².